The van der Waals surface area contributed by atoms with E-state index in [0.29, 0.717) is 5.02 Å². The SMILES string of the molecule is O=C(O)CC1(NC(=O)Cn2ccc3ccc(Cl)cc32)CCCC1. The van der Waals surface area contributed by atoms with E-state index in [0.717, 1.165) is 36.6 Å². The molecule has 0 saturated heterocycles. The van der Waals surface area contributed by atoms with Crippen molar-refractivity contribution in [3.8, 4) is 0 Å². The minimum Gasteiger partial charge on any atom is -0.481 e. The summed E-state index contributed by atoms with van der Waals surface area (Å²) in [4.78, 5) is 23.5. The number of carbonyl (C=O) groups is 2. The molecule has 1 aromatic heterocycles. The molecular weight excluding hydrogens is 316 g/mol. The van der Waals surface area contributed by atoms with Crippen molar-refractivity contribution in [2.24, 2.45) is 0 Å². The first-order valence-electron chi connectivity index (χ1n) is 7.75. The monoisotopic (exact) mass is 334 g/mol. The molecule has 1 amide bonds. The van der Waals surface area contributed by atoms with Crippen LogP contribution in [0.5, 0.6) is 0 Å². The number of fused-ring (bicyclic) bond motifs is 1. The van der Waals surface area contributed by atoms with Crippen LogP contribution in [0, 0.1) is 0 Å². The third-order valence-electron chi connectivity index (χ3n) is 4.50. The zero-order chi connectivity index (χ0) is 16.4. The van der Waals surface area contributed by atoms with Gasteiger partial charge in [0, 0.05) is 16.7 Å². The van der Waals surface area contributed by atoms with Crippen LogP contribution in [0.4, 0.5) is 0 Å². The number of halogens is 1. The molecule has 2 N–H and O–H groups in total. The normalized spacial score (nSPS) is 16.6. The zero-order valence-corrected chi connectivity index (χ0v) is 13.5. The predicted octanol–water partition coefficient (Wildman–Crippen LogP) is 3.20. The summed E-state index contributed by atoms with van der Waals surface area (Å²) in [5.74, 6) is -1.03. The second-order valence-electron chi connectivity index (χ2n) is 6.25. The van der Waals surface area contributed by atoms with Crippen molar-refractivity contribution in [1.29, 1.82) is 0 Å². The number of amides is 1. The number of aromatic nitrogens is 1. The van der Waals surface area contributed by atoms with Gasteiger partial charge in [-0.2, -0.15) is 0 Å². The largest absolute Gasteiger partial charge is 0.481 e. The molecule has 0 unspecified atom stereocenters. The molecule has 5 nitrogen and oxygen atoms in total. The van der Waals surface area contributed by atoms with Gasteiger partial charge in [0.15, 0.2) is 0 Å². The van der Waals surface area contributed by atoms with Gasteiger partial charge in [0.2, 0.25) is 5.91 Å². The molecular formula is C17H19ClN2O3. The van der Waals surface area contributed by atoms with E-state index in [9.17, 15) is 9.59 Å². The van der Waals surface area contributed by atoms with Gasteiger partial charge in [-0.3, -0.25) is 9.59 Å². The summed E-state index contributed by atoms with van der Waals surface area (Å²) in [5, 5.41) is 13.7. The van der Waals surface area contributed by atoms with E-state index in [-0.39, 0.29) is 18.9 Å². The average Bonchev–Trinajstić information content (AvgIpc) is 3.06. The van der Waals surface area contributed by atoms with Gasteiger partial charge >= 0.3 is 5.97 Å². The van der Waals surface area contributed by atoms with E-state index in [1.54, 1.807) is 0 Å². The van der Waals surface area contributed by atoms with E-state index < -0.39 is 11.5 Å². The van der Waals surface area contributed by atoms with Crippen molar-refractivity contribution in [3.63, 3.8) is 0 Å². The molecule has 3 rings (SSSR count). The van der Waals surface area contributed by atoms with Gasteiger partial charge in [-0.15, -0.1) is 0 Å². The maximum absolute atomic E-state index is 12.4. The first-order chi connectivity index (χ1) is 11.0. The average molecular weight is 335 g/mol. The highest BCUT2D eigenvalue weighted by molar-refractivity contribution is 6.31. The lowest BCUT2D eigenvalue weighted by atomic mass is 9.93. The topological polar surface area (TPSA) is 71.3 Å². The molecule has 0 atom stereocenters. The lowest BCUT2D eigenvalue weighted by molar-refractivity contribution is -0.139. The first-order valence-corrected chi connectivity index (χ1v) is 8.12. The third kappa shape index (κ3) is 3.50. The second-order valence-corrected chi connectivity index (χ2v) is 6.69. The van der Waals surface area contributed by atoms with E-state index >= 15 is 0 Å². The van der Waals surface area contributed by atoms with Crippen molar-refractivity contribution >= 4 is 34.4 Å². The van der Waals surface area contributed by atoms with Crippen LogP contribution in [0.25, 0.3) is 10.9 Å². The Morgan fingerprint density at radius 3 is 2.70 bits per heavy atom. The number of carboxylic acid groups (broad SMARTS) is 1. The summed E-state index contributed by atoms with van der Waals surface area (Å²) in [6.45, 7) is 0.158. The highest BCUT2D eigenvalue weighted by Crippen LogP contribution is 2.32. The Morgan fingerprint density at radius 1 is 1.26 bits per heavy atom. The number of carbonyl (C=O) groups excluding carboxylic acids is 1. The molecule has 0 radical (unpaired) electrons. The number of aliphatic carboxylic acids is 1. The summed E-state index contributed by atoms with van der Waals surface area (Å²) < 4.78 is 1.83. The zero-order valence-electron chi connectivity index (χ0n) is 12.7. The quantitative estimate of drug-likeness (QED) is 0.882. The molecule has 23 heavy (non-hydrogen) atoms. The number of benzene rings is 1. The van der Waals surface area contributed by atoms with E-state index in [1.807, 2.05) is 35.0 Å². The van der Waals surface area contributed by atoms with Crippen LogP contribution in [0.1, 0.15) is 32.1 Å². The number of hydrogen-bond donors (Lipinski definition) is 2. The van der Waals surface area contributed by atoms with Crippen LogP contribution >= 0.6 is 11.6 Å². The highest BCUT2D eigenvalue weighted by atomic mass is 35.5. The van der Waals surface area contributed by atoms with Crippen molar-refractivity contribution in [2.75, 3.05) is 0 Å². The van der Waals surface area contributed by atoms with Crippen molar-refractivity contribution in [2.45, 2.75) is 44.2 Å². The fourth-order valence-corrected chi connectivity index (χ4v) is 3.64. The van der Waals surface area contributed by atoms with Gasteiger partial charge in [0.05, 0.1) is 12.0 Å². The minimum absolute atomic E-state index is 0.0169. The molecule has 6 heteroatoms. The maximum Gasteiger partial charge on any atom is 0.305 e. The molecule has 0 aliphatic heterocycles. The molecule has 1 aliphatic carbocycles. The van der Waals surface area contributed by atoms with Crippen LogP contribution in [0.15, 0.2) is 30.5 Å². The van der Waals surface area contributed by atoms with Crippen molar-refractivity contribution < 1.29 is 14.7 Å². The molecule has 0 bridgehead atoms. The summed E-state index contributed by atoms with van der Waals surface area (Å²) >= 11 is 6.02. The van der Waals surface area contributed by atoms with Crippen LogP contribution in [-0.2, 0) is 16.1 Å². The lowest BCUT2D eigenvalue weighted by Crippen LogP contribution is -2.48. The Kier molecular flexibility index (Phi) is 4.31. The summed E-state index contributed by atoms with van der Waals surface area (Å²) in [6, 6.07) is 7.48. The lowest BCUT2D eigenvalue weighted by Gasteiger charge is -2.28. The molecule has 1 aromatic carbocycles. The maximum atomic E-state index is 12.4. The Bertz CT molecular complexity index is 747. The Hall–Kier alpha value is -2.01. The van der Waals surface area contributed by atoms with Gasteiger partial charge < -0.3 is 15.0 Å². The molecule has 1 aliphatic rings. The highest BCUT2D eigenvalue weighted by Gasteiger charge is 2.37. The van der Waals surface area contributed by atoms with Gasteiger partial charge in [-0.25, -0.2) is 0 Å². The van der Waals surface area contributed by atoms with Gasteiger partial charge in [0.1, 0.15) is 6.54 Å². The molecule has 1 saturated carbocycles. The second kappa shape index (κ2) is 6.24. The van der Waals surface area contributed by atoms with Crippen LogP contribution in [0.2, 0.25) is 5.02 Å². The van der Waals surface area contributed by atoms with Crippen molar-refractivity contribution in [1.82, 2.24) is 9.88 Å². The molecule has 0 spiro atoms. The standard InChI is InChI=1S/C17H19ClN2O3/c18-13-4-3-12-5-8-20(14(12)9-13)11-15(21)19-17(10-16(22)23)6-1-2-7-17/h3-5,8-9H,1-2,6-7,10-11H2,(H,19,21)(H,22,23). The van der Waals surface area contributed by atoms with Gasteiger partial charge in [-0.05, 0) is 36.4 Å². The fraction of sp³-hybridized carbons (Fsp3) is 0.412. The Labute approximate surface area is 139 Å². The number of carboxylic acids is 1. The fourth-order valence-electron chi connectivity index (χ4n) is 3.47. The first kappa shape index (κ1) is 15.9. The van der Waals surface area contributed by atoms with Crippen LogP contribution in [-0.4, -0.2) is 27.1 Å². The minimum atomic E-state index is -0.870. The Morgan fingerprint density at radius 2 is 2.00 bits per heavy atom. The van der Waals surface area contributed by atoms with Gasteiger partial charge in [-0.1, -0.05) is 30.5 Å². The van der Waals surface area contributed by atoms with E-state index in [1.165, 1.54) is 0 Å². The number of hydrogen-bond acceptors (Lipinski definition) is 2. The summed E-state index contributed by atoms with van der Waals surface area (Å²) in [5.41, 5.74) is 0.301. The third-order valence-corrected chi connectivity index (χ3v) is 4.74. The van der Waals surface area contributed by atoms with Gasteiger partial charge in [0.25, 0.3) is 0 Å². The smallest absolute Gasteiger partial charge is 0.305 e. The molecule has 2 aromatic rings. The van der Waals surface area contributed by atoms with E-state index in [2.05, 4.69) is 5.32 Å². The van der Waals surface area contributed by atoms with Crippen LogP contribution < -0.4 is 5.32 Å². The van der Waals surface area contributed by atoms with Crippen molar-refractivity contribution in [3.05, 3.63) is 35.5 Å². The number of rotatable bonds is 5. The summed E-state index contributed by atoms with van der Waals surface area (Å²) in [6.07, 6.45) is 5.19. The van der Waals surface area contributed by atoms with E-state index in [4.69, 9.17) is 16.7 Å². The molecule has 122 valence electrons. The number of nitrogens with zero attached hydrogens (tertiary/aromatic N) is 1. The number of nitrogens with one attached hydrogen (secondary N) is 1. The van der Waals surface area contributed by atoms with Crippen LogP contribution in [0.3, 0.4) is 0 Å². The predicted molar refractivity (Wildman–Crippen MR) is 88.5 cm³/mol. The Balaban J connectivity index is 1.75. The summed E-state index contributed by atoms with van der Waals surface area (Å²) in [7, 11) is 0. The molecule has 1 fully saturated rings. The molecule has 1 heterocycles.